The van der Waals surface area contributed by atoms with Gasteiger partial charge in [-0.1, -0.05) is 19.3 Å². The summed E-state index contributed by atoms with van der Waals surface area (Å²) in [5.41, 5.74) is 0. The summed E-state index contributed by atoms with van der Waals surface area (Å²) in [6.45, 7) is 3.94. The second kappa shape index (κ2) is 5.64. The molecule has 0 aromatic rings. The summed E-state index contributed by atoms with van der Waals surface area (Å²) in [6, 6.07) is 0. The fraction of sp³-hybridized carbons (Fsp3) is 0.727. The van der Waals surface area contributed by atoms with Crippen LogP contribution in [0, 0.1) is 11.8 Å². The summed E-state index contributed by atoms with van der Waals surface area (Å²) >= 11 is 0. The van der Waals surface area contributed by atoms with Crippen LogP contribution in [0.1, 0.15) is 39.0 Å². The highest BCUT2D eigenvalue weighted by atomic mass is 16.2. The van der Waals surface area contributed by atoms with Gasteiger partial charge in [0.15, 0.2) is 0 Å². The Bertz CT molecular complexity index is 218. The molecule has 1 amide bonds. The summed E-state index contributed by atoms with van der Waals surface area (Å²) in [7, 11) is 0. The number of carbonyl (C=O) groups is 1. The second-order valence-electron chi connectivity index (χ2n) is 3.40. The van der Waals surface area contributed by atoms with Gasteiger partial charge in [0.2, 0.25) is 0 Å². The smallest absolute Gasteiger partial charge is 0.298 e. The molecule has 0 saturated carbocycles. The van der Waals surface area contributed by atoms with Crippen molar-refractivity contribution >= 4 is 5.91 Å². The van der Waals surface area contributed by atoms with Gasteiger partial charge in [0.25, 0.3) is 5.91 Å². The fourth-order valence-corrected chi connectivity index (χ4v) is 1.40. The normalized spacial score (nSPS) is 15.3. The molecule has 2 heteroatoms. The Kier molecular flexibility index (Phi) is 4.39. The molecule has 1 aliphatic rings. The van der Waals surface area contributed by atoms with Crippen molar-refractivity contribution in [2.45, 2.75) is 39.0 Å². The van der Waals surface area contributed by atoms with Crippen LogP contribution in [-0.4, -0.2) is 23.9 Å². The molecular formula is C11H17NO. The molecule has 0 spiro atoms. The zero-order valence-corrected chi connectivity index (χ0v) is 8.31. The first-order valence-electron chi connectivity index (χ1n) is 5.12. The molecule has 1 saturated heterocycles. The summed E-state index contributed by atoms with van der Waals surface area (Å²) in [5, 5.41) is 0. The van der Waals surface area contributed by atoms with Crippen molar-refractivity contribution < 1.29 is 4.79 Å². The number of amides is 1. The van der Waals surface area contributed by atoms with E-state index in [0.717, 1.165) is 45.2 Å². The van der Waals surface area contributed by atoms with Crippen molar-refractivity contribution in [3.05, 3.63) is 0 Å². The highest BCUT2D eigenvalue weighted by Crippen LogP contribution is 2.06. The van der Waals surface area contributed by atoms with E-state index in [-0.39, 0.29) is 5.91 Å². The molecule has 0 unspecified atom stereocenters. The number of unbranched alkanes of at least 4 members (excludes halogenated alkanes) is 2. The molecule has 0 aromatic carbocycles. The van der Waals surface area contributed by atoms with E-state index in [1.165, 1.54) is 0 Å². The van der Waals surface area contributed by atoms with Crippen molar-refractivity contribution in [3.8, 4) is 11.8 Å². The molecular weight excluding hydrogens is 162 g/mol. The summed E-state index contributed by atoms with van der Waals surface area (Å²) in [5.74, 6) is 5.64. The molecule has 1 fully saturated rings. The van der Waals surface area contributed by atoms with Gasteiger partial charge in [-0.3, -0.25) is 4.79 Å². The van der Waals surface area contributed by atoms with Gasteiger partial charge >= 0.3 is 0 Å². The topological polar surface area (TPSA) is 20.3 Å². The molecule has 0 radical (unpaired) electrons. The molecule has 0 bridgehead atoms. The van der Waals surface area contributed by atoms with E-state index in [4.69, 9.17) is 0 Å². The Morgan fingerprint density at radius 1 is 1.38 bits per heavy atom. The van der Waals surface area contributed by atoms with Crippen LogP contribution in [0.5, 0.6) is 0 Å². The zero-order chi connectivity index (χ0) is 9.52. The van der Waals surface area contributed by atoms with Crippen LogP contribution in [0.3, 0.4) is 0 Å². The van der Waals surface area contributed by atoms with Crippen LogP contribution in [0.4, 0.5) is 0 Å². The Hall–Kier alpha value is -0.970. The van der Waals surface area contributed by atoms with Crippen LogP contribution in [-0.2, 0) is 4.79 Å². The largest absolute Gasteiger partial charge is 0.332 e. The van der Waals surface area contributed by atoms with Gasteiger partial charge in [0.05, 0.1) is 0 Å². The van der Waals surface area contributed by atoms with E-state index in [1.807, 2.05) is 4.90 Å². The third-order valence-corrected chi connectivity index (χ3v) is 2.24. The van der Waals surface area contributed by atoms with Crippen LogP contribution >= 0.6 is 0 Å². The average molecular weight is 179 g/mol. The third kappa shape index (κ3) is 3.50. The lowest BCUT2D eigenvalue weighted by molar-refractivity contribution is -0.124. The quantitative estimate of drug-likeness (QED) is 0.467. The molecule has 0 aromatic heterocycles. The van der Waals surface area contributed by atoms with Gasteiger partial charge in [-0.15, -0.1) is 0 Å². The highest BCUT2D eigenvalue weighted by Gasteiger charge is 2.15. The summed E-state index contributed by atoms with van der Waals surface area (Å²) in [6.07, 6.45) is 5.38. The fourth-order valence-electron chi connectivity index (χ4n) is 1.40. The first-order chi connectivity index (χ1) is 6.34. The predicted molar refractivity (Wildman–Crippen MR) is 53.1 cm³/mol. The van der Waals surface area contributed by atoms with Gasteiger partial charge in [-0.05, 0) is 25.2 Å². The molecule has 1 heterocycles. The summed E-state index contributed by atoms with van der Waals surface area (Å²) in [4.78, 5) is 13.2. The molecule has 0 atom stereocenters. The number of carbonyl (C=O) groups excluding carboxylic acids is 1. The molecule has 1 aliphatic heterocycles. The average Bonchev–Trinajstić information content (AvgIpc) is 2.65. The molecule has 0 aliphatic carbocycles. The number of rotatable bonds is 2. The second-order valence-corrected chi connectivity index (χ2v) is 3.40. The Labute approximate surface area is 80.3 Å². The maximum Gasteiger partial charge on any atom is 0.298 e. The minimum absolute atomic E-state index is 0.0219. The standard InChI is InChI=1S/C11H17NO/c1-2-3-4-5-8-11(13)12-9-6-7-10-12/h2-4,6-7,9-10H2,1H3. The van der Waals surface area contributed by atoms with Crippen molar-refractivity contribution in [1.29, 1.82) is 0 Å². The van der Waals surface area contributed by atoms with Crippen molar-refractivity contribution in [2.75, 3.05) is 13.1 Å². The van der Waals surface area contributed by atoms with Crippen LogP contribution in [0.15, 0.2) is 0 Å². The Balaban J connectivity index is 2.25. The van der Waals surface area contributed by atoms with Crippen LogP contribution in [0.25, 0.3) is 0 Å². The predicted octanol–water partition coefficient (Wildman–Crippen LogP) is 1.80. The summed E-state index contributed by atoms with van der Waals surface area (Å²) < 4.78 is 0. The van der Waals surface area contributed by atoms with E-state index in [2.05, 4.69) is 18.8 Å². The van der Waals surface area contributed by atoms with Gasteiger partial charge in [-0.25, -0.2) is 0 Å². The number of hydrogen-bond acceptors (Lipinski definition) is 1. The Morgan fingerprint density at radius 2 is 2.08 bits per heavy atom. The zero-order valence-electron chi connectivity index (χ0n) is 8.31. The van der Waals surface area contributed by atoms with E-state index < -0.39 is 0 Å². The van der Waals surface area contributed by atoms with Crippen LogP contribution < -0.4 is 0 Å². The van der Waals surface area contributed by atoms with Gasteiger partial charge in [-0.2, -0.15) is 0 Å². The van der Waals surface area contributed by atoms with Crippen molar-refractivity contribution in [3.63, 3.8) is 0 Å². The minimum Gasteiger partial charge on any atom is -0.332 e. The molecule has 72 valence electrons. The third-order valence-electron chi connectivity index (χ3n) is 2.24. The monoisotopic (exact) mass is 179 g/mol. The van der Waals surface area contributed by atoms with Gasteiger partial charge in [0.1, 0.15) is 0 Å². The molecule has 0 N–H and O–H groups in total. The highest BCUT2D eigenvalue weighted by molar-refractivity contribution is 5.93. The number of likely N-dealkylation sites (tertiary alicyclic amines) is 1. The number of nitrogens with zero attached hydrogens (tertiary/aromatic N) is 1. The van der Waals surface area contributed by atoms with E-state index >= 15 is 0 Å². The Morgan fingerprint density at radius 3 is 2.69 bits per heavy atom. The lowest BCUT2D eigenvalue weighted by Gasteiger charge is -2.09. The molecule has 13 heavy (non-hydrogen) atoms. The van der Waals surface area contributed by atoms with E-state index in [9.17, 15) is 4.79 Å². The first-order valence-corrected chi connectivity index (χ1v) is 5.12. The maximum absolute atomic E-state index is 11.4. The minimum atomic E-state index is 0.0219. The lowest BCUT2D eigenvalue weighted by atomic mass is 10.2. The number of hydrogen-bond donors (Lipinski definition) is 0. The van der Waals surface area contributed by atoms with Crippen molar-refractivity contribution in [1.82, 2.24) is 4.90 Å². The van der Waals surface area contributed by atoms with Crippen LogP contribution in [0.2, 0.25) is 0 Å². The SMILES string of the molecule is CCCCC#CC(=O)N1CCCC1. The maximum atomic E-state index is 11.4. The van der Waals surface area contributed by atoms with E-state index in [1.54, 1.807) is 0 Å². The van der Waals surface area contributed by atoms with E-state index in [0.29, 0.717) is 0 Å². The van der Waals surface area contributed by atoms with Gasteiger partial charge < -0.3 is 4.90 Å². The molecule has 1 rings (SSSR count). The molecule has 2 nitrogen and oxygen atoms in total. The lowest BCUT2D eigenvalue weighted by Crippen LogP contribution is -2.25. The van der Waals surface area contributed by atoms with Gasteiger partial charge in [0, 0.05) is 19.5 Å². The first kappa shape index (κ1) is 10.1. The van der Waals surface area contributed by atoms with Crippen molar-refractivity contribution in [2.24, 2.45) is 0 Å².